The Balaban J connectivity index is 1.68. The van der Waals surface area contributed by atoms with Gasteiger partial charge in [0.25, 0.3) is 5.91 Å². The molecule has 1 N–H and O–H groups in total. The molecule has 0 aliphatic carbocycles. The minimum absolute atomic E-state index is 0.271. The summed E-state index contributed by atoms with van der Waals surface area (Å²) in [6.07, 6.45) is 5.49. The number of carbonyl (C=O) groups is 1. The molecule has 25 heavy (non-hydrogen) atoms. The Kier molecular flexibility index (Phi) is 5.95. The van der Waals surface area contributed by atoms with Gasteiger partial charge in [-0.1, -0.05) is 35.3 Å². The molecule has 3 rings (SSSR count). The smallest absolute Gasteiger partial charge is 0.257 e. The molecule has 1 aliphatic heterocycles. The SMILES string of the molecule is O=C(Nc1cccc(/C=N\N2CCCCC2)c1)c1ccc(Cl)cc1Cl. The van der Waals surface area contributed by atoms with E-state index in [0.717, 1.165) is 18.7 Å². The number of nitrogens with one attached hydrogen (secondary N) is 1. The van der Waals surface area contributed by atoms with Crippen molar-refractivity contribution >= 4 is 41.0 Å². The maximum Gasteiger partial charge on any atom is 0.257 e. The summed E-state index contributed by atoms with van der Waals surface area (Å²) in [7, 11) is 0. The standard InChI is InChI=1S/C19H19Cl2N3O/c20-15-7-8-17(18(21)12-15)19(25)23-16-6-4-5-14(11-16)13-22-24-9-2-1-3-10-24/h4-8,11-13H,1-3,9-10H2,(H,23,25)/b22-13-. The van der Waals surface area contributed by atoms with Crippen molar-refractivity contribution in [3.8, 4) is 0 Å². The zero-order valence-corrected chi connectivity index (χ0v) is 15.2. The molecule has 2 aromatic carbocycles. The van der Waals surface area contributed by atoms with Crippen LogP contribution in [0, 0.1) is 0 Å². The molecule has 1 fully saturated rings. The van der Waals surface area contributed by atoms with E-state index in [4.69, 9.17) is 23.2 Å². The molecular weight excluding hydrogens is 357 g/mol. The Hall–Kier alpha value is -2.04. The average molecular weight is 376 g/mol. The molecule has 130 valence electrons. The summed E-state index contributed by atoms with van der Waals surface area (Å²) in [4.78, 5) is 12.4. The predicted molar refractivity (Wildman–Crippen MR) is 104 cm³/mol. The second kappa shape index (κ2) is 8.37. The van der Waals surface area contributed by atoms with Gasteiger partial charge in [-0.05, 0) is 55.2 Å². The van der Waals surface area contributed by atoms with Crippen molar-refractivity contribution in [2.45, 2.75) is 19.3 Å². The Morgan fingerprint density at radius 1 is 1.08 bits per heavy atom. The molecular formula is C19H19Cl2N3O. The molecule has 0 atom stereocenters. The van der Waals surface area contributed by atoms with E-state index >= 15 is 0 Å². The molecule has 0 radical (unpaired) electrons. The van der Waals surface area contributed by atoms with E-state index in [1.165, 1.54) is 19.3 Å². The number of nitrogens with zero attached hydrogens (tertiary/aromatic N) is 2. The van der Waals surface area contributed by atoms with Crippen LogP contribution in [0.3, 0.4) is 0 Å². The van der Waals surface area contributed by atoms with Crippen LogP contribution in [-0.2, 0) is 0 Å². The van der Waals surface area contributed by atoms with Gasteiger partial charge in [0.05, 0.1) is 16.8 Å². The van der Waals surface area contributed by atoms with Gasteiger partial charge in [0, 0.05) is 23.8 Å². The highest BCUT2D eigenvalue weighted by atomic mass is 35.5. The third kappa shape index (κ3) is 4.97. The first-order chi connectivity index (χ1) is 12.1. The van der Waals surface area contributed by atoms with Gasteiger partial charge in [0.1, 0.15) is 0 Å². The van der Waals surface area contributed by atoms with Gasteiger partial charge in [0.2, 0.25) is 0 Å². The number of amides is 1. The Morgan fingerprint density at radius 2 is 1.88 bits per heavy atom. The zero-order chi connectivity index (χ0) is 17.6. The maximum absolute atomic E-state index is 12.4. The Labute approximate surface area is 157 Å². The van der Waals surface area contributed by atoms with Gasteiger partial charge in [-0.25, -0.2) is 0 Å². The third-order valence-corrected chi connectivity index (χ3v) is 4.57. The normalized spacial score (nSPS) is 14.7. The molecule has 0 aromatic heterocycles. The second-order valence-electron chi connectivity index (χ2n) is 5.96. The lowest BCUT2D eigenvalue weighted by Crippen LogP contribution is -2.24. The quantitative estimate of drug-likeness (QED) is 0.758. The van der Waals surface area contributed by atoms with E-state index < -0.39 is 0 Å². The summed E-state index contributed by atoms with van der Waals surface area (Å²) < 4.78 is 0. The van der Waals surface area contributed by atoms with Crippen LogP contribution in [0.15, 0.2) is 47.6 Å². The number of hydrogen-bond acceptors (Lipinski definition) is 3. The van der Waals surface area contributed by atoms with Crippen LogP contribution in [0.4, 0.5) is 5.69 Å². The lowest BCUT2D eigenvalue weighted by Gasteiger charge is -2.23. The van der Waals surface area contributed by atoms with Crippen molar-refractivity contribution in [3.63, 3.8) is 0 Å². The molecule has 0 unspecified atom stereocenters. The summed E-state index contributed by atoms with van der Waals surface area (Å²) >= 11 is 12.0. The first kappa shape index (κ1) is 17.8. The van der Waals surface area contributed by atoms with Gasteiger partial charge >= 0.3 is 0 Å². The molecule has 0 saturated carbocycles. The summed E-state index contributed by atoms with van der Waals surface area (Å²) in [6.45, 7) is 2.00. The van der Waals surface area contributed by atoms with E-state index in [-0.39, 0.29) is 5.91 Å². The molecule has 0 bridgehead atoms. The van der Waals surface area contributed by atoms with Crippen molar-refractivity contribution in [1.29, 1.82) is 0 Å². The van der Waals surface area contributed by atoms with Crippen molar-refractivity contribution in [1.82, 2.24) is 5.01 Å². The number of halogens is 2. The fraction of sp³-hybridized carbons (Fsp3) is 0.263. The van der Waals surface area contributed by atoms with Gasteiger partial charge in [-0.2, -0.15) is 5.10 Å². The lowest BCUT2D eigenvalue weighted by atomic mass is 10.1. The van der Waals surface area contributed by atoms with Crippen LogP contribution < -0.4 is 5.32 Å². The summed E-state index contributed by atoms with van der Waals surface area (Å²) in [6, 6.07) is 12.4. The van der Waals surface area contributed by atoms with E-state index in [2.05, 4.69) is 15.4 Å². The molecule has 1 heterocycles. The number of piperidine rings is 1. The van der Waals surface area contributed by atoms with Crippen molar-refractivity contribution in [3.05, 3.63) is 63.6 Å². The van der Waals surface area contributed by atoms with Gasteiger partial charge in [-0.15, -0.1) is 0 Å². The molecule has 6 heteroatoms. The van der Waals surface area contributed by atoms with Crippen LogP contribution in [-0.4, -0.2) is 30.2 Å². The number of carbonyl (C=O) groups excluding carboxylic acids is 1. The van der Waals surface area contributed by atoms with E-state index in [0.29, 0.717) is 21.3 Å². The molecule has 0 spiro atoms. The summed E-state index contributed by atoms with van der Waals surface area (Å²) in [5.41, 5.74) is 2.02. The highest BCUT2D eigenvalue weighted by Gasteiger charge is 2.11. The average Bonchev–Trinajstić information content (AvgIpc) is 2.61. The summed E-state index contributed by atoms with van der Waals surface area (Å²) in [5.74, 6) is -0.271. The van der Waals surface area contributed by atoms with Crippen molar-refractivity contribution in [2.24, 2.45) is 5.10 Å². The number of hydrazone groups is 1. The van der Waals surface area contributed by atoms with Gasteiger partial charge in [0.15, 0.2) is 0 Å². The fourth-order valence-corrected chi connectivity index (χ4v) is 3.20. The molecule has 2 aromatic rings. The second-order valence-corrected chi connectivity index (χ2v) is 6.81. The van der Waals surface area contributed by atoms with Crippen LogP contribution in [0.1, 0.15) is 35.2 Å². The minimum atomic E-state index is -0.271. The molecule has 1 aliphatic rings. The van der Waals surface area contributed by atoms with Gasteiger partial charge in [-0.3, -0.25) is 9.80 Å². The molecule has 1 saturated heterocycles. The maximum atomic E-state index is 12.4. The largest absolute Gasteiger partial charge is 0.322 e. The fourth-order valence-electron chi connectivity index (χ4n) is 2.71. The van der Waals surface area contributed by atoms with Crippen molar-refractivity contribution in [2.75, 3.05) is 18.4 Å². The van der Waals surface area contributed by atoms with Crippen LogP contribution >= 0.6 is 23.2 Å². The minimum Gasteiger partial charge on any atom is -0.322 e. The predicted octanol–water partition coefficient (Wildman–Crippen LogP) is 5.07. The number of hydrogen-bond donors (Lipinski definition) is 1. The third-order valence-electron chi connectivity index (χ3n) is 4.02. The van der Waals surface area contributed by atoms with E-state index in [1.807, 2.05) is 30.5 Å². The highest BCUT2D eigenvalue weighted by Crippen LogP contribution is 2.22. The van der Waals surface area contributed by atoms with E-state index in [1.54, 1.807) is 18.2 Å². The van der Waals surface area contributed by atoms with Crippen LogP contribution in [0.2, 0.25) is 10.0 Å². The van der Waals surface area contributed by atoms with Crippen LogP contribution in [0.25, 0.3) is 0 Å². The Bertz CT molecular complexity index is 786. The number of benzene rings is 2. The zero-order valence-electron chi connectivity index (χ0n) is 13.7. The highest BCUT2D eigenvalue weighted by molar-refractivity contribution is 6.37. The van der Waals surface area contributed by atoms with Gasteiger partial charge < -0.3 is 5.32 Å². The Morgan fingerprint density at radius 3 is 2.64 bits per heavy atom. The number of rotatable bonds is 4. The lowest BCUT2D eigenvalue weighted by molar-refractivity contribution is 0.102. The number of anilines is 1. The molecule has 1 amide bonds. The molecule has 4 nitrogen and oxygen atoms in total. The van der Waals surface area contributed by atoms with Crippen LogP contribution in [0.5, 0.6) is 0 Å². The summed E-state index contributed by atoms with van der Waals surface area (Å²) in [5, 5.41) is 10.3. The first-order valence-corrected chi connectivity index (χ1v) is 9.03. The van der Waals surface area contributed by atoms with E-state index in [9.17, 15) is 4.79 Å². The topological polar surface area (TPSA) is 44.7 Å². The van der Waals surface area contributed by atoms with Crippen molar-refractivity contribution < 1.29 is 4.79 Å². The first-order valence-electron chi connectivity index (χ1n) is 8.27. The monoisotopic (exact) mass is 375 g/mol.